The Hall–Kier alpha value is -1.43. The zero-order valence-electron chi connectivity index (χ0n) is 8.37. The van der Waals surface area contributed by atoms with E-state index in [1.807, 2.05) is 6.92 Å². The first kappa shape index (κ1) is 10.6. The van der Waals surface area contributed by atoms with Gasteiger partial charge in [0.05, 0.1) is 0 Å². The minimum atomic E-state index is -0.286. The van der Waals surface area contributed by atoms with Gasteiger partial charge in [0, 0.05) is 12.6 Å². The molecule has 78 valence electrons. The maximum atomic E-state index is 11.5. The quantitative estimate of drug-likeness (QED) is 0.610. The molecule has 1 aromatic rings. The van der Waals surface area contributed by atoms with E-state index in [9.17, 15) is 4.79 Å². The topological polar surface area (TPSA) is 96.7 Å². The van der Waals surface area contributed by atoms with Crippen LogP contribution in [-0.2, 0) is 0 Å². The second kappa shape index (κ2) is 4.71. The molecule has 0 aromatic carbocycles. The van der Waals surface area contributed by atoms with Crippen molar-refractivity contribution in [2.45, 2.75) is 26.3 Å². The Kier molecular flexibility index (Phi) is 3.58. The van der Waals surface area contributed by atoms with E-state index in [2.05, 4.69) is 20.5 Å². The van der Waals surface area contributed by atoms with Crippen LogP contribution in [0.25, 0.3) is 0 Å². The van der Waals surface area contributed by atoms with Crippen LogP contribution in [0.15, 0.2) is 0 Å². The largest absolute Gasteiger partial charge is 0.345 e. The van der Waals surface area contributed by atoms with Crippen LogP contribution in [0.5, 0.6) is 0 Å². The molecule has 14 heavy (non-hydrogen) atoms. The number of aryl methyl sites for hydroxylation is 1. The molecule has 0 aliphatic heterocycles. The maximum Gasteiger partial charge on any atom is 0.291 e. The van der Waals surface area contributed by atoms with Crippen molar-refractivity contribution in [2.75, 3.05) is 6.54 Å². The second-order valence-electron chi connectivity index (χ2n) is 3.06. The van der Waals surface area contributed by atoms with Crippen LogP contribution in [0, 0.1) is 6.92 Å². The lowest BCUT2D eigenvalue weighted by Crippen LogP contribution is -2.40. The number of nitrogens with zero attached hydrogens (tertiary/aromatic N) is 2. The molecule has 6 heteroatoms. The Bertz CT molecular complexity index is 304. The van der Waals surface area contributed by atoms with E-state index in [4.69, 9.17) is 5.73 Å². The highest BCUT2D eigenvalue weighted by atomic mass is 16.2. The van der Waals surface area contributed by atoms with Crippen LogP contribution < -0.4 is 11.1 Å². The summed E-state index contributed by atoms with van der Waals surface area (Å²) in [5.41, 5.74) is 5.45. The Morgan fingerprint density at radius 1 is 1.71 bits per heavy atom. The molecule has 0 bridgehead atoms. The third-order valence-electron chi connectivity index (χ3n) is 1.91. The maximum absolute atomic E-state index is 11.5. The Morgan fingerprint density at radius 3 is 2.86 bits per heavy atom. The molecule has 1 amide bonds. The van der Waals surface area contributed by atoms with E-state index in [1.165, 1.54) is 0 Å². The average Bonchev–Trinajstić information content (AvgIpc) is 2.61. The zero-order chi connectivity index (χ0) is 10.6. The zero-order valence-corrected chi connectivity index (χ0v) is 8.37. The number of nitrogens with one attached hydrogen (secondary N) is 2. The second-order valence-corrected chi connectivity index (χ2v) is 3.06. The number of carbonyl (C=O) groups excluding carboxylic acids is 1. The van der Waals surface area contributed by atoms with Gasteiger partial charge in [0.1, 0.15) is 5.82 Å². The molecule has 1 rings (SSSR count). The highest BCUT2D eigenvalue weighted by molar-refractivity contribution is 5.90. The lowest BCUT2D eigenvalue weighted by molar-refractivity contribution is 0.0927. The first-order chi connectivity index (χ1) is 6.67. The van der Waals surface area contributed by atoms with Crippen molar-refractivity contribution in [2.24, 2.45) is 5.73 Å². The third kappa shape index (κ3) is 2.53. The summed E-state index contributed by atoms with van der Waals surface area (Å²) >= 11 is 0. The lowest BCUT2D eigenvalue weighted by Gasteiger charge is -2.12. The first-order valence-corrected chi connectivity index (χ1v) is 4.57. The minimum Gasteiger partial charge on any atom is -0.345 e. The summed E-state index contributed by atoms with van der Waals surface area (Å²) in [6.07, 6.45) is 0.797. The Labute approximate surface area is 82.3 Å². The van der Waals surface area contributed by atoms with E-state index in [0.29, 0.717) is 12.4 Å². The molecule has 0 aliphatic rings. The van der Waals surface area contributed by atoms with Crippen molar-refractivity contribution in [1.82, 2.24) is 20.5 Å². The third-order valence-corrected chi connectivity index (χ3v) is 1.91. The number of hydrogen-bond donors (Lipinski definition) is 3. The molecule has 1 unspecified atom stereocenters. The summed E-state index contributed by atoms with van der Waals surface area (Å²) < 4.78 is 0. The van der Waals surface area contributed by atoms with Crippen molar-refractivity contribution in [3.63, 3.8) is 0 Å². The van der Waals surface area contributed by atoms with Crippen LogP contribution in [0.1, 0.15) is 29.8 Å². The first-order valence-electron chi connectivity index (χ1n) is 4.57. The fourth-order valence-corrected chi connectivity index (χ4v) is 1.02. The van der Waals surface area contributed by atoms with Gasteiger partial charge in [0.15, 0.2) is 0 Å². The molecule has 0 saturated heterocycles. The highest BCUT2D eigenvalue weighted by Crippen LogP contribution is 1.93. The van der Waals surface area contributed by atoms with Crippen molar-refractivity contribution in [3.8, 4) is 0 Å². The smallest absolute Gasteiger partial charge is 0.291 e. The molecule has 6 nitrogen and oxygen atoms in total. The molecular formula is C8H15N5O. The number of aromatic amines is 1. The summed E-state index contributed by atoms with van der Waals surface area (Å²) in [5, 5.41) is 9.09. The summed E-state index contributed by atoms with van der Waals surface area (Å²) in [6.45, 7) is 4.12. The van der Waals surface area contributed by atoms with Crippen LogP contribution in [0.3, 0.4) is 0 Å². The van der Waals surface area contributed by atoms with Gasteiger partial charge in [-0.2, -0.15) is 0 Å². The molecule has 0 spiro atoms. The van der Waals surface area contributed by atoms with E-state index in [0.717, 1.165) is 6.42 Å². The SMILES string of the molecule is CCC(CN)NC(=O)c1n[nH]c(C)n1. The Morgan fingerprint density at radius 2 is 2.43 bits per heavy atom. The predicted octanol–water partition coefficient (Wildman–Crippen LogP) is -0.420. The molecule has 1 aromatic heterocycles. The number of carbonyl (C=O) groups is 1. The molecule has 4 N–H and O–H groups in total. The van der Waals surface area contributed by atoms with E-state index in [1.54, 1.807) is 6.92 Å². The standard InChI is InChI=1S/C8H15N5O/c1-3-6(4-9)11-8(14)7-10-5(2)12-13-7/h6H,3-4,9H2,1-2H3,(H,11,14)(H,10,12,13). The molecular weight excluding hydrogens is 182 g/mol. The molecule has 0 radical (unpaired) electrons. The fraction of sp³-hybridized carbons (Fsp3) is 0.625. The van der Waals surface area contributed by atoms with Gasteiger partial charge >= 0.3 is 0 Å². The Balaban J connectivity index is 2.58. The van der Waals surface area contributed by atoms with Gasteiger partial charge in [-0.1, -0.05) is 6.92 Å². The predicted molar refractivity (Wildman–Crippen MR) is 51.7 cm³/mol. The summed E-state index contributed by atoms with van der Waals surface area (Å²) in [4.78, 5) is 15.4. The van der Waals surface area contributed by atoms with Gasteiger partial charge in [-0.25, -0.2) is 4.98 Å². The summed E-state index contributed by atoms with van der Waals surface area (Å²) in [7, 11) is 0. The van der Waals surface area contributed by atoms with Gasteiger partial charge < -0.3 is 11.1 Å². The summed E-state index contributed by atoms with van der Waals surface area (Å²) in [5.74, 6) is 0.497. The van der Waals surface area contributed by atoms with E-state index < -0.39 is 0 Å². The van der Waals surface area contributed by atoms with Gasteiger partial charge in [-0.15, -0.1) is 5.10 Å². The number of hydrogen-bond acceptors (Lipinski definition) is 4. The highest BCUT2D eigenvalue weighted by Gasteiger charge is 2.14. The number of amides is 1. The van der Waals surface area contributed by atoms with E-state index >= 15 is 0 Å². The molecule has 1 atom stereocenters. The molecule has 1 heterocycles. The molecule has 0 fully saturated rings. The average molecular weight is 197 g/mol. The normalized spacial score (nSPS) is 12.5. The van der Waals surface area contributed by atoms with Gasteiger partial charge in [0.2, 0.25) is 5.82 Å². The summed E-state index contributed by atoms with van der Waals surface area (Å²) in [6, 6.07) is -0.0127. The fourth-order valence-electron chi connectivity index (χ4n) is 1.02. The number of aromatic nitrogens is 3. The number of rotatable bonds is 4. The monoisotopic (exact) mass is 197 g/mol. The number of H-pyrrole nitrogens is 1. The van der Waals surface area contributed by atoms with Crippen molar-refractivity contribution < 1.29 is 4.79 Å². The number of nitrogens with two attached hydrogens (primary N) is 1. The minimum absolute atomic E-state index is 0.0127. The molecule has 0 saturated carbocycles. The van der Waals surface area contributed by atoms with Crippen LogP contribution in [-0.4, -0.2) is 33.7 Å². The van der Waals surface area contributed by atoms with Crippen LogP contribution >= 0.6 is 0 Å². The van der Waals surface area contributed by atoms with Crippen LogP contribution in [0.4, 0.5) is 0 Å². The van der Waals surface area contributed by atoms with Gasteiger partial charge in [-0.05, 0) is 13.3 Å². The van der Waals surface area contributed by atoms with Crippen molar-refractivity contribution in [1.29, 1.82) is 0 Å². The van der Waals surface area contributed by atoms with Crippen molar-refractivity contribution in [3.05, 3.63) is 11.6 Å². The van der Waals surface area contributed by atoms with E-state index in [-0.39, 0.29) is 17.8 Å². The lowest BCUT2D eigenvalue weighted by atomic mass is 10.2. The van der Waals surface area contributed by atoms with Crippen molar-refractivity contribution >= 4 is 5.91 Å². The molecule has 0 aliphatic carbocycles. The van der Waals surface area contributed by atoms with Gasteiger partial charge in [-0.3, -0.25) is 9.89 Å². The van der Waals surface area contributed by atoms with Gasteiger partial charge in [0.25, 0.3) is 5.91 Å². The van der Waals surface area contributed by atoms with Crippen LogP contribution in [0.2, 0.25) is 0 Å².